The first-order valence-electron chi connectivity index (χ1n) is 3.20. The minimum atomic E-state index is -0.0596. The van der Waals surface area contributed by atoms with E-state index in [2.05, 4.69) is 10.3 Å². The molecule has 0 bridgehead atoms. The Bertz CT molecular complexity index is 216. The topological polar surface area (TPSA) is 41.5 Å². The van der Waals surface area contributed by atoms with E-state index in [9.17, 15) is 4.79 Å². The van der Waals surface area contributed by atoms with Crippen molar-refractivity contribution in [1.82, 2.24) is 5.32 Å². The highest BCUT2D eigenvalue weighted by atomic mass is 16.2. The van der Waals surface area contributed by atoms with Crippen LogP contribution < -0.4 is 5.32 Å². The lowest BCUT2D eigenvalue weighted by atomic mass is 10.2. The number of rotatable bonds is 0. The van der Waals surface area contributed by atoms with Gasteiger partial charge < -0.3 is 5.32 Å². The summed E-state index contributed by atoms with van der Waals surface area (Å²) in [5.41, 5.74) is 1.56. The summed E-state index contributed by atoms with van der Waals surface area (Å²) in [5.74, 6) is -0.0596. The minimum Gasteiger partial charge on any atom is -0.347 e. The van der Waals surface area contributed by atoms with E-state index in [1.807, 2.05) is 13.0 Å². The minimum absolute atomic E-state index is 0.0596. The molecule has 0 aromatic heterocycles. The predicted octanol–water partition coefficient (Wildman–Crippen LogP) is 0.133. The van der Waals surface area contributed by atoms with Crippen LogP contribution in [0.3, 0.4) is 0 Å². The van der Waals surface area contributed by atoms with Crippen molar-refractivity contribution in [2.75, 3.05) is 13.6 Å². The van der Waals surface area contributed by atoms with Gasteiger partial charge in [0.25, 0.3) is 5.91 Å². The van der Waals surface area contributed by atoms with Gasteiger partial charge in [-0.1, -0.05) is 6.08 Å². The Kier molecular flexibility index (Phi) is 1.85. The number of hydrogen-bond acceptors (Lipinski definition) is 2. The molecule has 1 saturated heterocycles. The average molecular weight is 138 g/mol. The Labute approximate surface area is 59.8 Å². The Morgan fingerprint density at radius 2 is 2.40 bits per heavy atom. The van der Waals surface area contributed by atoms with E-state index in [4.69, 9.17) is 0 Å². The summed E-state index contributed by atoms with van der Waals surface area (Å²) in [7, 11) is 1.63. The molecule has 1 N–H and O–H groups in total. The summed E-state index contributed by atoms with van der Waals surface area (Å²) in [6.45, 7) is 2.53. The number of allylic oxidation sites excluding steroid dienone is 1. The van der Waals surface area contributed by atoms with Crippen LogP contribution in [0.4, 0.5) is 0 Å². The molecule has 1 aliphatic heterocycles. The summed E-state index contributed by atoms with van der Waals surface area (Å²) >= 11 is 0. The second-order valence-electron chi connectivity index (χ2n) is 2.07. The van der Waals surface area contributed by atoms with E-state index in [0.717, 1.165) is 5.57 Å². The van der Waals surface area contributed by atoms with Crippen LogP contribution in [0.2, 0.25) is 0 Å². The molecule has 3 nitrogen and oxygen atoms in total. The van der Waals surface area contributed by atoms with Crippen molar-refractivity contribution in [3.8, 4) is 0 Å². The zero-order valence-corrected chi connectivity index (χ0v) is 6.14. The van der Waals surface area contributed by atoms with Gasteiger partial charge in [-0.2, -0.15) is 0 Å². The summed E-state index contributed by atoms with van der Waals surface area (Å²) in [6.07, 6.45) is 1.90. The maximum Gasteiger partial charge on any atom is 0.270 e. The third-order valence-electron chi connectivity index (χ3n) is 1.53. The van der Waals surface area contributed by atoms with Crippen molar-refractivity contribution >= 4 is 11.6 Å². The van der Waals surface area contributed by atoms with Gasteiger partial charge in [0, 0.05) is 13.6 Å². The molecule has 0 radical (unpaired) electrons. The number of aliphatic imine (C=N–C) groups is 1. The predicted molar refractivity (Wildman–Crippen MR) is 40.1 cm³/mol. The highest BCUT2D eigenvalue weighted by Crippen LogP contribution is 2.03. The van der Waals surface area contributed by atoms with Gasteiger partial charge >= 0.3 is 0 Å². The highest BCUT2D eigenvalue weighted by Gasteiger charge is 2.21. The number of nitrogens with one attached hydrogen (secondary N) is 1. The zero-order chi connectivity index (χ0) is 7.56. The van der Waals surface area contributed by atoms with Crippen molar-refractivity contribution in [1.29, 1.82) is 0 Å². The van der Waals surface area contributed by atoms with E-state index in [1.165, 1.54) is 0 Å². The largest absolute Gasteiger partial charge is 0.347 e. The Morgan fingerprint density at radius 1 is 1.70 bits per heavy atom. The van der Waals surface area contributed by atoms with Crippen LogP contribution in [0, 0.1) is 0 Å². The first-order valence-corrected chi connectivity index (χ1v) is 3.20. The summed E-state index contributed by atoms with van der Waals surface area (Å²) in [5, 5.41) is 2.68. The van der Waals surface area contributed by atoms with Gasteiger partial charge in [0.1, 0.15) is 5.71 Å². The monoisotopic (exact) mass is 138 g/mol. The molecule has 10 heavy (non-hydrogen) atoms. The summed E-state index contributed by atoms with van der Waals surface area (Å²) in [4.78, 5) is 14.7. The molecule has 0 aromatic carbocycles. The smallest absolute Gasteiger partial charge is 0.270 e. The van der Waals surface area contributed by atoms with Gasteiger partial charge in [-0.15, -0.1) is 0 Å². The molecule has 1 aliphatic rings. The molecule has 0 saturated carbocycles. The van der Waals surface area contributed by atoms with E-state index in [0.29, 0.717) is 12.3 Å². The third-order valence-corrected chi connectivity index (χ3v) is 1.53. The number of amides is 1. The van der Waals surface area contributed by atoms with Crippen LogP contribution in [0.25, 0.3) is 0 Å². The average Bonchev–Trinajstić information content (AvgIpc) is 2.30. The van der Waals surface area contributed by atoms with E-state index >= 15 is 0 Å². The molecule has 54 valence electrons. The lowest BCUT2D eigenvalue weighted by Crippen LogP contribution is -2.18. The van der Waals surface area contributed by atoms with E-state index in [1.54, 1.807) is 7.05 Å². The fourth-order valence-corrected chi connectivity index (χ4v) is 0.973. The molecular weight excluding hydrogens is 128 g/mol. The number of hydrogen-bond donors (Lipinski definition) is 1. The van der Waals surface area contributed by atoms with Crippen molar-refractivity contribution in [2.24, 2.45) is 4.99 Å². The molecule has 0 aromatic rings. The standard InChI is InChI=1S/C7H10N2O/c1-3-5-4-9-7(10)6(5)8-2/h3H,4H2,1-2H3,(H,9,10)/b5-3+,8-6?. The summed E-state index contributed by atoms with van der Waals surface area (Å²) in [6, 6.07) is 0. The molecule has 1 heterocycles. The lowest BCUT2D eigenvalue weighted by molar-refractivity contribution is -0.113. The van der Waals surface area contributed by atoms with Crippen LogP contribution in [0.5, 0.6) is 0 Å². The van der Waals surface area contributed by atoms with Crippen LogP contribution >= 0.6 is 0 Å². The van der Waals surface area contributed by atoms with Crippen molar-refractivity contribution in [3.63, 3.8) is 0 Å². The van der Waals surface area contributed by atoms with E-state index in [-0.39, 0.29) is 5.91 Å². The SMILES string of the molecule is C/C=C1\CNC(=O)C1=NC. The number of nitrogens with zero attached hydrogens (tertiary/aromatic N) is 1. The van der Waals surface area contributed by atoms with E-state index < -0.39 is 0 Å². The van der Waals surface area contributed by atoms with Gasteiger partial charge in [-0.3, -0.25) is 9.79 Å². The fourth-order valence-electron chi connectivity index (χ4n) is 0.973. The molecule has 0 spiro atoms. The molecule has 0 aliphatic carbocycles. The Balaban J connectivity index is 2.95. The normalized spacial score (nSPS) is 26.0. The first kappa shape index (κ1) is 6.99. The van der Waals surface area contributed by atoms with Crippen LogP contribution in [-0.4, -0.2) is 25.2 Å². The quantitative estimate of drug-likeness (QED) is 0.508. The third kappa shape index (κ3) is 0.943. The van der Waals surface area contributed by atoms with Gasteiger partial charge in [0.15, 0.2) is 0 Å². The Hall–Kier alpha value is -1.12. The molecule has 0 unspecified atom stereocenters. The van der Waals surface area contributed by atoms with Crippen LogP contribution in [0.15, 0.2) is 16.6 Å². The summed E-state index contributed by atoms with van der Waals surface area (Å²) < 4.78 is 0. The highest BCUT2D eigenvalue weighted by molar-refractivity contribution is 6.47. The molecule has 3 heteroatoms. The van der Waals surface area contributed by atoms with Gasteiger partial charge in [-0.25, -0.2) is 0 Å². The molecule has 1 amide bonds. The maximum absolute atomic E-state index is 10.9. The van der Waals surface area contributed by atoms with Crippen LogP contribution in [0.1, 0.15) is 6.92 Å². The van der Waals surface area contributed by atoms with Crippen LogP contribution in [-0.2, 0) is 4.79 Å². The number of carbonyl (C=O) groups excluding carboxylic acids is 1. The van der Waals surface area contributed by atoms with Gasteiger partial charge in [0.2, 0.25) is 0 Å². The molecular formula is C7H10N2O. The lowest BCUT2D eigenvalue weighted by Gasteiger charge is -1.89. The van der Waals surface area contributed by atoms with Crippen molar-refractivity contribution in [3.05, 3.63) is 11.6 Å². The molecule has 0 atom stereocenters. The van der Waals surface area contributed by atoms with Crippen molar-refractivity contribution < 1.29 is 4.79 Å². The van der Waals surface area contributed by atoms with Gasteiger partial charge in [-0.05, 0) is 12.5 Å². The second kappa shape index (κ2) is 2.64. The zero-order valence-electron chi connectivity index (χ0n) is 6.14. The first-order chi connectivity index (χ1) is 4.79. The molecule has 1 fully saturated rings. The maximum atomic E-state index is 10.9. The Morgan fingerprint density at radius 3 is 2.80 bits per heavy atom. The second-order valence-corrected chi connectivity index (χ2v) is 2.07. The van der Waals surface area contributed by atoms with Crippen molar-refractivity contribution in [2.45, 2.75) is 6.92 Å². The van der Waals surface area contributed by atoms with Gasteiger partial charge in [0.05, 0.1) is 0 Å². The number of carbonyl (C=O) groups is 1. The fraction of sp³-hybridized carbons (Fsp3) is 0.429. The molecule has 1 rings (SSSR count).